The van der Waals surface area contributed by atoms with E-state index in [2.05, 4.69) is 5.32 Å². The first-order valence-electron chi connectivity index (χ1n) is 7.20. The molecule has 2 heterocycles. The number of hydrogen-bond donors (Lipinski definition) is 1. The van der Waals surface area contributed by atoms with Gasteiger partial charge < -0.3 is 10.1 Å². The van der Waals surface area contributed by atoms with Crippen molar-refractivity contribution in [3.05, 3.63) is 21.7 Å². The lowest BCUT2D eigenvalue weighted by Gasteiger charge is -2.50. The average molecular weight is 393 g/mol. The second-order valence-corrected chi connectivity index (χ2v) is 7.99. The molecule has 2 aliphatic rings. The summed E-state index contributed by atoms with van der Waals surface area (Å²) in [6.45, 7) is 6.94. The summed E-state index contributed by atoms with van der Waals surface area (Å²) in [4.78, 5) is 38.5. The average Bonchev–Trinajstić information content (AvgIpc) is 2.49. The number of thioether (sulfide) groups is 1. The first-order valence-corrected chi connectivity index (χ1v) is 9.05. The van der Waals surface area contributed by atoms with Gasteiger partial charge in [0.25, 0.3) is 5.91 Å². The molecule has 0 spiro atoms. The maximum absolute atomic E-state index is 12.5. The van der Waals surface area contributed by atoms with E-state index in [9.17, 15) is 14.4 Å². The summed E-state index contributed by atoms with van der Waals surface area (Å²) in [5.41, 5.74) is 1.37. The summed E-state index contributed by atoms with van der Waals surface area (Å²) in [5, 5.41) is 2.10. The van der Waals surface area contributed by atoms with Gasteiger partial charge in [0.1, 0.15) is 28.6 Å². The lowest BCUT2D eigenvalue weighted by molar-refractivity contribution is -0.158. The highest BCUT2D eigenvalue weighted by Crippen LogP contribution is 2.46. The Kier molecular flexibility index (Phi) is 5.57. The van der Waals surface area contributed by atoms with Gasteiger partial charge in [-0.1, -0.05) is 23.4 Å². The lowest BCUT2D eigenvalue weighted by atomic mass is 10.0. The number of carbonyl (C=O) groups excluding carboxylic acids is 3. The van der Waals surface area contributed by atoms with Gasteiger partial charge in [0.2, 0.25) is 5.91 Å². The number of esters is 1. The van der Waals surface area contributed by atoms with E-state index in [-0.39, 0.29) is 17.5 Å². The van der Waals surface area contributed by atoms with E-state index < -0.39 is 28.9 Å². The fourth-order valence-corrected chi connectivity index (χ4v) is 3.98. The summed E-state index contributed by atoms with van der Waals surface area (Å²) in [7, 11) is 0. The SMILES string of the molecule is CC1=C(C(=O)OC(C)(C)C)N2C(=O)C(NC(=O)CCl)C2S/C1=C\Cl. The van der Waals surface area contributed by atoms with Gasteiger partial charge in [-0.3, -0.25) is 14.5 Å². The molecule has 2 atom stereocenters. The van der Waals surface area contributed by atoms with Crippen LogP contribution in [0.5, 0.6) is 0 Å². The van der Waals surface area contributed by atoms with Crippen LogP contribution >= 0.6 is 35.0 Å². The van der Waals surface area contributed by atoms with Crippen molar-refractivity contribution in [1.29, 1.82) is 0 Å². The predicted molar refractivity (Wildman–Crippen MR) is 93.4 cm³/mol. The first kappa shape index (κ1) is 19.1. The molecule has 0 radical (unpaired) electrons. The molecule has 1 saturated heterocycles. The zero-order valence-electron chi connectivity index (χ0n) is 13.7. The van der Waals surface area contributed by atoms with Crippen molar-refractivity contribution in [2.45, 2.75) is 44.7 Å². The van der Waals surface area contributed by atoms with Crippen LogP contribution in [0.1, 0.15) is 27.7 Å². The van der Waals surface area contributed by atoms with E-state index in [0.29, 0.717) is 10.5 Å². The van der Waals surface area contributed by atoms with Crippen molar-refractivity contribution in [3.63, 3.8) is 0 Å². The highest BCUT2D eigenvalue weighted by Gasteiger charge is 2.55. The summed E-state index contributed by atoms with van der Waals surface area (Å²) >= 11 is 12.6. The van der Waals surface area contributed by atoms with Gasteiger partial charge in [-0.25, -0.2) is 4.79 Å². The molecule has 132 valence electrons. The maximum Gasteiger partial charge on any atom is 0.355 e. The number of carbonyl (C=O) groups is 3. The normalized spacial score (nSPS) is 25.3. The molecule has 2 aliphatic heterocycles. The Balaban J connectivity index is 2.34. The van der Waals surface area contributed by atoms with Gasteiger partial charge in [0.15, 0.2) is 0 Å². The number of fused-ring (bicyclic) bond motifs is 1. The third-order valence-corrected chi connectivity index (χ3v) is 5.38. The molecule has 0 saturated carbocycles. The van der Waals surface area contributed by atoms with E-state index >= 15 is 0 Å². The monoisotopic (exact) mass is 392 g/mol. The van der Waals surface area contributed by atoms with Gasteiger partial charge in [-0.05, 0) is 33.3 Å². The molecular formula is C15H18Cl2N2O4S. The van der Waals surface area contributed by atoms with Crippen LogP contribution in [0, 0.1) is 0 Å². The number of hydrogen-bond acceptors (Lipinski definition) is 5. The largest absolute Gasteiger partial charge is 0.455 e. The third kappa shape index (κ3) is 3.58. The fourth-order valence-electron chi connectivity index (χ4n) is 2.37. The van der Waals surface area contributed by atoms with E-state index in [1.165, 1.54) is 22.2 Å². The van der Waals surface area contributed by atoms with Crippen LogP contribution in [-0.4, -0.2) is 45.6 Å². The molecule has 1 fully saturated rings. The van der Waals surface area contributed by atoms with Crippen LogP contribution in [0.15, 0.2) is 21.7 Å². The third-order valence-electron chi connectivity index (χ3n) is 3.39. The van der Waals surface area contributed by atoms with Gasteiger partial charge in [0, 0.05) is 10.4 Å². The molecule has 9 heteroatoms. The van der Waals surface area contributed by atoms with Crippen molar-refractivity contribution in [2.24, 2.45) is 0 Å². The molecule has 6 nitrogen and oxygen atoms in total. The standard InChI is InChI=1S/C15H18Cl2N2O4S/c1-7-8(5-16)24-13-10(18-9(20)6-17)12(21)19(13)11(7)14(22)23-15(2,3)4/h5,10,13H,6H2,1-4H3,(H,18,20)/b8-5-. The quantitative estimate of drug-likeness (QED) is 0.453. The number of ether oxygens (including phenoxy) is 1. The fraction of sp³-hybridized carbons (Fsp3) is 0.533. The molecule has 0 aromatic heterocycles. The number of halogens is 2. The van der Waals surface area contributed by atoms with Crippen LogP contribution in [0.3, 0.4) is 0 Å². The molecule has 24 heavy (non-hydrogen) atoms. The van der Waals surface area contributed by atoms with E-state index in [4.69, 9.17) is 27.9 Å². The molecule has 0 aromatic carbocycles. The van der Waals surface area contributed by atoms with Gasteiger partial charge in [0.05, 0.1) is 0 Å². The minimum absolute atomic E-state index is 0.155. The molecule has 0 aliphatic carbocycles. The summed E-state index contributed by atoms with van der Waals surface area (Å²) in [6.07, 6.45) is 0. The Hall–Kier alpha value is -1.18. The zero-order chi connectivity index (χ0) is 18.2. The molecule has 0 bridgehead atoms. The van der Waals surface area contributed by atoms with Crippen LogP contribution < -0.4 is 5.32 Å². The highest BCUT2D eigenvalue weighted by molar-refractivity contribution is 8.04. The number of β-lactam (4-membered cyclic amide) rings is 1. The minimum Gasteiger partial charge on any atom is -0.455 e. The smallest absolute Gasteiger partial charge is 0.355 e. The number of nitrogens with zero attached hydrogens (tertiary/aromatic N) is 1. The van der Waals surface area contributed by atoms with Crippen LogP contribution in [0.4, 0.5) is 0 Å². The minimum atomic E-state index is -0.751. The van der Waals surface area contributed by atoms with Crippen molar-refractivity contribution in [3.8, 4) is 0 Å². The van der Waals surface area contributed by atoms with E-state index in [1.807, 2.05) is 0 Å². The topological polar surface area (TPSA) is 75.7 Å². The molecule has 0 aromatic rings. The second-order valence-electron chi connectivity index (χ2n) is 6.34. The Morgan fingerprint density at radius 3 is 2.54 bits per heavy atom. The van der Waals surface area contributed by atoms with E-state index in [0.717, 1.165) is 0 Å². The van der Waals surface area contributed by atoms with E-state index in [1.54, 1.807) is 27.7 Å². The Morgan fingerprint density at radius 2 is 2.04 bits per heavy atom. The maximum atomic E-state index is 12.5. The molecule has 2 rings (SSSR count). The predicted octanol–water partition coefficient (Wildman–Crippen LogP) is 2.32. The summed E-state index contributed by atoms with van der Waals surface area (Å²) in [6, 6.07) is -0.751. The van der Waals surface area contributed by atoms with Crippen LogP contribution in [0.2, 0.25) is 0 Å². The van der Waals surface area contributed by atoms with Gasteiger partial charge >= 0.3 is 5.97 Å². The van der Waals surface area contributed by atoms with Crippen molar-refractivity contribution < 1.29 is 19.1 Å². The van der Waals surface area contributed by atoms with Gasteiger partial charge in [-0.15, -0.1) is 11.6 Å². The number of rotatable bonds is 3. The molecular weight excluding hydrogens is 375 g/mol. The highest BCUT2D eigenvalue weighted by atomic mass is 35.5. The zero-order valence-corrected chi connectivity index (χ0v) is 16.0. The van der Waals surface area contributed by atoms with Crippen molar-refractivity contribution in [2.75, 3.05) is 5.88 Å². The molecule has 2 unspecified atom stereocenters. The lowest BCUT2D eigenvalue weighted by Crippen LogP contribution is -2.70. The van der Waals surface area contributed by atoms with Crippen LogP contribution in [0.25, 0.3) is 0 Å². The van der Waals surface area contributed by atoms with Crippen molar-refractivity contribution in [1.82, 2.24) is 10.2 Å². The van der Waals surface area contributed by atoms with Crippen molar-refractivity contribution >= 4 is 52.7 Å². The number of amides is 2. The summed E-state index contributed by atoms with van der Waals surface area (Å²) < 4.78 is 5.40. The number of nitrogens with one attached hydrogen (secondary N) is 1. The van der Waals surface area contributed by atoms with Crippen LogP contribution in [-0.2, 0) is 19.1 Å². The first-order chi connectivity index (χ1) is 11.1. The molecule has 1 N–H and O–H groups in total. The van der Waals surface area contributed by atoms with Gasteiger partial charge in [-0.2, -0.15) is 0 Å². The number of allylic oxidation sites excluding steroid dienone is 1. The summed E-state index contributed by atoms with van der Waals surface area (Å²) in [5.74, 6) is -1.67. The Bertz CT molecular complexity index is 654. The molecule has 2 amide bonds. The number of alkyl halides is 1. The Morgan fingerprint density at radius 1 is 1.42 bits per heavy atom. The second kappa shape index (κ2) is 6.98. The Labute approximate surface area is 154 Å².